The van der Waals surface area contributed by atoms with E-state index >= 15 is 0 Å². The summed E-state index contributed by atoms with van der Waals surface area (Å²) in [7, 11) is 1.62. The third-order valence-electron chi connectivity index (χ3n) is 4.53. The van der Waals surface area contributed by atoms with Crippen LogP contribution in [0.1, 0.15) is 39.5 Å². The second-order valence-electron chi connectivity index (χ2n) is 7.17. The van der Waals surface area contributed by atoms with Crippen LogP contribution in [0, 0.1) is 5.92 Å². The largest absolute Gasteiger partial charge is 0.481 e. The number of hydrogen-bond donors (Lipinski definition) is 2. The van der Waals surface area contributed by atoms with E-state index in [-0.39, 0.29) is 24.1 Å². The molecule has 0 spiro atoms. The van der Waals surface area contributed by atoms with E-state index in [0.717, 1.165) is 12.8 Å². The summed E-state index contributed by atoms with van der Waals surface area (Å²) < 4.78 is 11.1. The molecule has 132 valence electrons. The fourth-order valence-corrected chi connectivity index (χ4v) is 3.47. The molecule has 1 unspecified atom stereocenters. The van der Waals surface area contributed by atoms with E-state index in [4.69, 9.17) is 14.6 Å². The number of aliphatic carboxylic acids is 1. The maximum atomic E-state index is 12.5. The number of rotatable bonds is 4. The summed E-state index contributed by atoms with van der Waals surface area (Å²) in [6.07, 6.45) is 2.57. The monoisotopic (exact) mass is 328 g/mol. The number of amides is 2. The zero-order valence-electron chi connectivity index (χ0n) is 14.2. The maximum absolute atomic E-state index is 12.5. The van der Waals surface area contributed by atoms with E-state index in [1.165, 1.54) is 0 Å². The van der Waals surface area contributed by atoms with Gasteiger partial charge < -0.3 is 24.8 Å². The Kier molecular flexibility index (Phi) is 5.86. The van der Waals surface area contributed by atoms with Crippen LogP contribution in [0.3, 0.4) is 0 Å². The quantitative estimate of drug-likeness (QED) is 0.816. The van der Waals surface area contributed by atoms with Crippen molar-refractivity contribution >= 4 is 12.0 Å². The molecule has 2 rings (SSSR count). The number of carboxylic acids is 1. The molecule has 1 saturated carbocycles. The van der Waals surface area contributed by atoms with Gasteiger partial charge in [-0.15, -0.1) is 0 Å². The van der Waals surface area contributed by atoms with Crippen LogP contribution in [-0.4, -0.2) is 66.6 Å². The first kappa shape index (κ1) is 18.0. The van der Waals surface area contributed by atoms with Crippen LogP contribution in [0.4, 0.5) is 4.79 Å². The Hall–Kier alpha value is -1.34. The summed E-state index contributed by atoms with van der Waals surface area (Å²) >= 11 is 0. The number of urea groups is 1. The molecule has 23 heavy (non-hydrogen) atoms. The molecule has 1 saturated heterocycles. The number of nitrogens with zero attached hydrogens (tertiary/aromatic N) is 1. The van der Waals surface area contributed by atoms with Crippen molar-refractivity contribution in [3.05, 3.63) is 0 Å². The van der Waals surface area contributed by atoms with E-state index in [1.54, 1.807) is 12.0 Å². The molecule has 1 heterocycles. The predicted octanol–water partition coefficient (Wildman–Crippen LogP) is 1.47. The molecule has 7 heteroatoms. The zero-order chi connectivity index (χ0) is 17.0. The van der Waals surface area contributed by atoms with Crippen LogP contribution in [-0.2, 0) is 14.3 Å². The van der Waals surface area contributed by atoms with Crippen LogP contribution in [0.25, 0.3) is 0 Å². The summed E-state index contributed by atoms with van der Waals surface area (Å²) in [6.45, 7) is 5.42. The average molecular weight is 328 g/mol. The molecule has 0 aromatic rings. The van der Waals surface area contributed by atoms with Crippen molar-refractivity contribution in [3.8, 4) is 0 Å². The highest BCUT2D eigenvalue weighted by molar-refractivity contribution is 5.75. The number of hydrogen-bond acceptors (Lipinski definition) is 4. The SMILES string of the molecule is COCC1CN(C(=O)NC2CCC(C(=O)O)CC2)CC(C)(C)O1. The van der Waals surface area contributed by atoms with Crippen LogP contribution in [0.5, 0.6) is 0 Å². The maximum Gasteiger partial charge on any atom is 0.317 e. The molecule has 1 atom stereocenters. The molecule has 1 aliphatic heterocycles. The van der Waals surface area contributed by atoms with Crippen LogP contribution in [0.2, 0.25) is 0 Å². The lowest BCUT2D eigenvalue weighted by Crippen LogP contribution is -2.59. The Morgan fingerprint density at radius 1 is 1.30 bits per heavy atom. The van der Waals surface area contributed by atoms with Gasteiger partial charge in [0, 0.05) is 13.2 Å². The molecular weight excluding hydrogens is 300 g/mol. The minimum atomic E-state index is -0.730. The van der Waals surface area contributed by atoms with Gasteiger partial charge in [0.25, 0.3) is 0 Å². The van der Waals surface area contributed by atoms with Gasteiger partial charge in [-0.1, -0.05) is 0 Å². The molecule has 0 aromatic heterocycles. The van der Waals surface area contributed by atoms with Gasteiger partial charge in [-0.3, -0.25) is 4.79 Å². The Bertz CT molecular complexity index is 432. The highest BCUT2D eigenvalue weighted by Crippen LogP contribution is 2.25. The number of carbonyl (C=O) groups is 2. The minimum Gasteiger partial charge on any atom is -0.481 e. The van der Waals surface area contributed by atoms with Gasteiger partial charge in [0.1, 0.15) is 0 Å². The molecule has 0 aromatic carbocycles. The third kappa shape index (κ3) is 5.07. The second kappa shape index (κ2) is 7.49. The van der Waals surface area contributed by atoms with Crippen LogP contribution < -0.4 is 5.32 Å². The lowest BCUT2D eigenvalue weighted by Gasteiger charge is -2.43. The summed E-state index contributed by atoms with van der Waals surface area (Å²) in [4.78, 5) is 25.3. The summed E-state index contributed by atoms with van der Waals surface area (Å²) in [5.74, 6) is -0.997. The van der Waals surface area contributed by atoms with Crippen molar-refractivity contribution in [2.24, 2.45) is 5.92 Å². The number of nitrogens with one attached hydrogen (secondary N) is 1. The number of carbonyl (C=O) groups excluding carboxylic acids is 1. The molecular formula is C16H28N2O5. The first-order valence-electron chi connectivity index (χ1n) is 8.26. The second-order valence-corrected chi connectivity index (χ2v) is 7.17. The zero-order valence-corrected chi connectivity index (χ0v) is 14.2. The van der Waals surface area contributed by atoms with E-state index in [9.17, 15) is 9.59 Å². The molecule has 2 aliphatic rings. The van der Waals surface area contributed by atoms with Gasteiger partial charge in [-0.25, -0.2) is 4.79 Å². The number of ether oxygens (including phenoxy) is 2. The van der Waals surface area contributed by atoms with Gasteiger partial charge in [0.2, 0.25) is 0 Å². The lowest BCUT2D eigenvalue weighted by atomic mass is 9.86. The standard InChI is InChI=1S/C16H28N2O5/c1-16(2)10-18(8-13(23-16)9-22-3)15(21)17-12-6-4-11(5-7-12)14(19)20/h11-13H,4-10H2,1-3H3,(H,17,21)(H,19,20). The Morgan fingerprint density at radius 2 is 1.96 bits per heavy atom. The third-order valence-corrected chi connectivity index (χ3v) is 4.53. The minimum absolute atomic E-state index is 0.0601. The molecule has 0 radical (unpaired) electrons. The van der Waals surface area contributed by atoms with Gasteiger partial charge >= 0.3 is 12.0 Å². The Morgan fingerprint density at radius 3 is 2.52 bits per heavy atom. The van der Waals surface area contributed by atoms with Crippen molar-refractivity contribution < 1.29 is 24.2 Å². The number of methoxy groups -OCH3 is 1. The fourth-order valence-electron chi connectivity index (χ4n) is 3.47. The predicted molar refractivity (Wildman–Crippen MR) is 84.3 cm³/mol. The van der Waals surface area contributed by atoms with Crippen molar-refractivity contribution in [2.45, 2.75) is 57.3 Å². The first-order valence-corrected chi connectivity index (χ1v) is 8.26. The lowest BCUT2D eigenvalue weighted by molar-refractivity contribution is -0.143. The van der Waals surface area contributed by atoms with E-state index < -0.39 is 11.6 Å². The van der Waals surface area contributed by atoms with Gasteiger partial charge in [0.05, 0.1) is 37.3 Å². The van der Waals surface area contributed by atoms with Crippen LogP contribution in [0.15, 0.2) is 0 Å². The molecule has 7 nitrogen and oxygen atoms in total. The summed E-state index contributed by atoms with van der Waals surface area (Å²) in [6, 6.07) is -0.0359. The van der Waals surface area contributed by atoms with E-state index in [1.807, 2.05) is 13.8 Å². The van der Waals surface area contributed by atoms with Crippen molar-refractivity contribution in [1.29, 1.82) is 0 Å². The highest BCUT2D eigenvalue weighted by atomic mass is 16.5. The van der Waals surface area contributed by atoms with E-state index in [2.05, 4.69) is 5.32 Å². The number of carboxylic acid groups (broad SMARTS) is 1. The molecule has 0 bridgehead atoms. The average Bonchev–Trinajstić information content (AvgIpc) is 2.46. The van der Waals surface area contributed by atoms with Crippen LogP contribution >= 0.6 is 0 Å². The Labute approximate surface area is 137 Å². The van der Waals surface area contributed by atoms with Crippen molar-refractivity contribution in [2.75, 3.05) is 26.8 Å². The van der Waals surface area contributed by atoms with Crippen molar-refractivity contribution in [1.82, 2.24) is 10.2 Å². The number of morpholine rings is 1. The topological polar surface area (TPSA) is 88.1 Å². The first-order chi connectivity index (χ1) is 10.8. The smallest absolute Gasteiger partial charge is 0.317 e. The van der Waals surface area contributed by atoms with Gasteiger partial charge in [0.15, 0.2) is 0 Å². The Balaban J connectivity index is 1.86. The van der Waals surface area contributed by atoms with Gasteiger partial charge in [-0.05, 0) is 39.5 Å². The molecule has 2 N–H and O–H groups in total. The molecule has 2 fully saturated rings. The van der Waals surface area contributed by atoms with Crippen molar-refractivity contribution in [3.63, 3.8) is 0 Å². The fraction of sp³-hybridized carbons (Fsp3) is 0.875. The summed E-state index contributed by atoms with van der Waals surface area (Å²) in [5.41, 5.74) is -0.403. The summed E-state index contributed by atoms with van der Waals surface area (Å²) in [5, 5.41) is 12.1. The van der Waals surface area contributed by atoms with Gasteiger partial charge in [-0.2, -0.15) is 0 Å². The highest BCUT2D eigenvalue weighted by Gasteiger charge is 2.36. The van der Waals surface area contributed by atoms with E-state index in [0.29, 0.717) is 32.5 Å². The normalized spacial score (nSPS) is 30.7. The molecule has 1 aliphatic carbocycles. The molecule has 2 amide bonds.